The Morgan fingerprint density at radius 3 is 2.79 bits per heavy atom. The molecule has 0 fully saturated rings. The Balaban J connectivity index is 2.24. The van der Waals surface area contributed by atoms with Crippen LogP contribution < -0.4 is 20.3 Å². The second kappa shape index (κ2) is 7.96. The molecule has 0 aliphatic carbocycles. The molecule has 2 amide bonds. The van der Waals surface area contributed by atoms with E-state index < -0.39 is 6.09 Å². The van der Waals surface area contributed by atoms with Crippen molar-refractivity contribution < 1.29 is 19.1 Å². The van der Waals surface area contributed by atoms with E-state index in [0.29, 0.717) is 17.9 Å². The van der Waals surface area contributed by atoms with Crippen molar-refractivity contribution in [3.05, 3.63) is 17.7 Å². The molecule has 2 rings (SSSR count). The third-order valence-electron chi connectivity index (χ3n) is 3.71. The molecule has 1 aromatic rings. The summed E-state index contributed by atoms with van der Waals surface area (Å²) in [4.78, 5) is 25.1. The highest BCUT2D eigenvalue weighted by Crippen LogP contribution is 2.35. The van der Waals surface area contributed by atoms with Crippen LogP contribution in [0, 0.1) is 0 Å². The van der Waals surface area contributed by atoms with Gasteiger partial charge in [-0.2, -0.15) is 0 Å². The van der Waals surface area contributed by atoms with Gasteiger partial charge in [0.25, 0.3) is 0 Å². The number of aryl methyl sites for hydroxylation is 1. The van der Waals surface area contributed by atoms with Crippen molar-refractivity contribution in [2.24, 2.45) is 0 Å². The highest BCUT2D eigenvalue weighted by atomic mass is 32.1. The van der Waals surface area contributed by atoms with Crippen LogP contribution in [-0.2, 0) is 16.0 Å². The van der Waals surface area contributed by atoms with E-state index >= 15 is 0 Å². The SMILES string of the molecule is CCOC(=O)NC(=S)Nc1cc2c(cc1OC)N(C)C(=O)CCC2. The summed E-state index contributed by atoms with van der Waals surface area (Å²) in [6, 6.07) is 3.69. The zero-order valence-electron chi connectivity index (χ0n) is 14.0. The van der Waals surface area contributed by atoms with Gasteiger partial charge in [0.05, 0.1) is 25.1 Å². The lowest BCUT2D eigenvalue weighted by Gasteiger charge is -2.21. The third-order valence-corrected chi connectivity index (χ3v) is 3.92. The topological polar surface area (TPSA) is 79.9 Å². The number of carbonyl (C=O) groups excluding carboxylic acids is 2. The fraction of sp³-hybridized carbons (Fsp3) is 0.438. The summed E-state index contributed by atoms with van der Waals surface area (Å²) in [5, 5.41) is 5.48. The van der Waals surface area contributed by atoms with E-state index in [0.717, 1.165) is 24.1 Å². The number of hydrogen-bond donors (Lipinski definition) is 2. The van der Waals surface area contributed by atoms with E-state index in [2.05, 4.69) is 10.6 Å². The number of benzene rings is 1. The van der Waals surface area contributed by atoms with Crippen LogP contribution >= 0.6 is 12.2 Å². The van der Waals surface area contributed by atoms with Crippen molar-refractivity contribution in [1.29, 1.82) is 0 Å². The zero-order chi connectivity index (χ0) is 17.7. The molecule has 130 valence electrons. The number of amides is 2. The van der Waals surface area contributed by atoms with Crippen LogP contribution in [0.4, 0.5) is 16.2 Å². The lowest BCUT2D eigenvalue weighted by atomic mass is 10.1. The molecule has 1 aromatic carbocycles. The highest BCUT2D eigenvalue weighted by Gasteiger charge is 2.21. The Kier molecular flexibility index (Phi) is 5.97. The van der Waals surface area contributed by atoms with E-state index in [1.54, 1.807) is 24.9 Å². The lowest BCUT2D eigenvalue weighted by Crippen LogP contribution is -2.34. The average Bonchev–Trinajstić information content (AvgIpc) is 2.66. The zero-order valence-corrected chi connectivity index (χ0v) is 14.8. The molecule has 2 N–H and O–H groups in total. The van der Waals surface area contributed by atoms with E-state index in [1.165, 1.54) is 7.11 Å². The number of nitrogens with zero attached hydrogens (tertiary/aromatic N) is 1. The Bertz CT molecular complexity index is 663. The van der Waals surface area contributed by atoms with Gasteiger partial charge in [0, 0.05) is 19.5 Å². The predicted octanol–water partition coefficient (Wildman–Crippen LogP) is 2.44. The first kappa shape index (κ1) is 18.0. The molecule has 0 saturated carbocycles. The summed E-state index contributed by atoms with van der Waals surface area (Å²) in [7, 11) is 3.29. The largest absolute Gasteiger partial charge is 0.494 e. The normalized spacial score (nSPS) is 13.6. The maximum atomic E-state index is 12.0. The van der Waals surface area contributed by atoms with Gasteiger partial charge in [-0.15, -0.1) is 0 Å². The molecule has 0 spiro atoms. The lowest BCUT2D eigenvalue weighted by molar-refractivity contribution is -0.118. The Morgan fingerprint density at radius 2 is 2.12 bits per heavy atom. The van der Waals surface area contributed by atoms with Gasteiger partial charge in [-0.3, -0.25) is 10.1 Å². The van der Waals surface area contributed by atoms with E-state index in [1.807, 2.05) is 6.07 Å². The van der Waals surface area contributed by atoms with Crippen molar-refractivity contribution >= 4 is 40.7 Å². The number of rotatable bonds is 3. The standard InChI is InChI=1S/C16H21N3O4S/c1-4-23-16(21)18-15(24)17-11-8-10-6-5-7-14(20)19(2)12(10)9-13(11)22-3/h8-9H,4-7H2,1-3H3,(H2,17,18,21,24). The quantitative estimate of drug-likeness (QED) is 0.814. The first-order valence-corrected chi connectivity index (χ1v) is 8.09. The fourth-order valence-corrected chi connectivity index (χ4v) is 2.73. The number of methoxy groups -OCH3 is 1. The fourth-order valence-electron chi connectivity index (χ4n) is 2.54. The summed E-state index contributed by atoms with van der Waals surface area (Å²) in [6.45, 7) is 1.97. The number of nitrogens with one attached hydrogen (secondary N) is 2. The molecule has 7 nitrogen and oxygen atoms in total. The van der Waals surface area contributed by atoms with Gasteiger partial charge < -0.3 is 19.7 Å². The molecule has 1 aliphatic heterocycles. The van der Waals surface area contributed by atoms with Crippen LogP contribution in [-0.4, -0.2) is 37.9 Å². The maximum Gasteiger partial charge on any atom is 0.413 e. The van der Waals surface area contributed by atoms with Gasteiger partial charge in [-0.25, -0.2) is 4.79 Å². The molecule has 24 heavy (non-hydrogen) atoms. The monoisotopic (exact) mass is 351 g/mol. The van der Waals surface area contributed by atoms with E-state index in [9.17, 15) is 9.59 Å². The summed E-state index contributed by atoms with van der Waals surface area (Å²) in [6.07, 6.45) is 1.46. The highest BCUT2D eigenvalue weighted by molar-refractivity contribution is 7.80. The molecule has 0 atom stereocenters. The van der Waals surface area contributed by atoms with Crippen LogP contribution in [0.1, 0.15) is 25.3 Å². The van der Waals surface area contributed by atoms with Gasteiger partial charge in [-0.1, -0.05) is 0 Å². The van der Waals surface area contributed by atoms with Crippen LogP contribution in [0.3, 0.4) is 0 Å². The van der Waals surface area contributed by atoms with Gasteiger partial charge in [0.2, 0.25) is 5.91 Å². The maximum absolute atomic E-state index is 12.0. The number of fused-ring (bicyclic) bond motifs is 1. The summed E-state index contributed by atoms with van der Waals surface area (Å²) in [5.74, 6) is 0.610. The molecule has 1 heterocycles. The van der Waals surface area contributed by atoms with Crippen molar-refractivity contribution in [1.82, 2.24) is 5.32 Å². The van der Waals surface area contributed by atoms with Crippen LogP contribution in [0.15, 0.2) is 12.1 Å². The average molecular weight is 351 g/mol. The number of hydrogen-bond acceptors (Lipinski definition) is 5. The number of thiocarbonyl (C=S) groups is 1. The van der Waals surface area contributed by atoms with Gasteiger partial charge in [-0.05, 0) is 43.6 Å². The van der Waals surface area contributed by atoms with Gasteiger partial charge >= 0.3 is 6.09 Å². The molecule has 0 saturated heterocycles. The molecule has 0 unspecified atom stereocenters. The third kappa shape index (κ3) is 4.14. The number of anilines is 2. The van der Waals surface area contributed by atoms with Crippen molar-refractivity contribution in [3.8, 4) is 5.75 Å². The summed E-state index contributed by atoms with van der Waals surface area (Å²) in [5.41, 5.74) is 2.47. The van der Waals surface area contributed by atoms with Crippen LogP contribution in [0.5, 0.6) is 5.75 Å². The second-order valence-corrected chi connectivity index (χ2v) is 5.70. The van der Waals surface area contributed by atoms with Gasteiger partial charge in [0.15, 0.2) is 5.11 Å². The molecule has 0 aromatic heterocycles. The van der Waals surface area contributed by atoms with Crippen molar-refractivity contribution in [2.45, 2.75) is 26.2 Å². The Morgan fingerprint density at radius 1 is 1.38 bits per heavy atom. The van der Waals surface area contributed by atoms with Gasteiger partial charge in [0.1, 0.15) is 5.75 Å². The minimum Gasteiger partial charge on any atom is -0.494 e. The predicted molar refractivity (Wildman–Crippen MR) is 95.7 cm³/mol. The molecule has 8 heteroatoms. The van der Waals surface area contributed by atoms with Crippen LogP contribution in [0.2, 0.25) is 0 Å². The number of ether oxygens (including phenoxy) is 2. The first-order chi connectivity index (χ1) is 11.5. The minimum absolute atomic E-state index is 0.0796. The number of carbonyl (C=O) groups is 2. The molecular weight excluding hydrogens is 330 g/mol. The van der Waals surface area contributed by atoms with Crippen LogP contribution in [0.25, 0.3) is 0 Å². The molecular formula is C16H21N3O4S. The first-order valence-electron chi connectivity index (χ1n) is 7.68. The molecule has 1 aliphatic rings. The summed E-state index contributed by atoms with van der Waals surface area (Å²) < 4.78 is 10.2. The smallest absolute Gasteiger partial charge is 0.413 e. The molecule has 0 radical (unpaired) electrons. The number of alkyl carbamates (subject to hydrolysis) is 1. The Hall–Kier alpha value is -2.35. The Labute approximate surface area is 146 Å². The second-order valence-electron chi connectivity index (χ2n) is 5.29. The molecule has 0 bridgehead atoms. The van der Waals surface area contributed by atoms with Crippen molar-refractivity contribution in [3.63, 3.8) is 0 Å². The summed E-state index contributed by atoms with van der Waals surface area (Å²) >= 11 is 5.11. The van der Waals surface area contributed by atoms with E-state index in [-0.39, 0.29) is 17.6 Å². The van der Waals surface area contributed by atoms with E-state index in [4.69, 9.17) is 21.7 Å². The van der Waals surface area contributed by atoms with Crippen molar-refractivity contribution in [2.75, 3.05) is 31.0 Å². The minimum atomic E-state index is -0.617.